The number of carbonyl (C=O) groups is 1. The molecule has 5 heteroatoms. The fourth-order valence-electron chi connectivity index (χ4n) is 1.75. The van der Waals surface area contributed by atoms with E-state index in [4.69, 9.17) is 17.3 Å². The van der Waals surface area contributed by atoms with E-state index in [9.17, 15) is 9.18 Å². The highest BCUT2D eigenvalue weighted by Crippen LogP contribution is 2.22. The fourth-order valence-corrected chi connectivity index (χ4v) is 1.91. The van der Waals surface area contributed by atoms with Crippen LogP contribution in [0.25, 0.3) is 0 Å². The summed E-state index contributed by atoms with van der Waals surface area (Å²) >= 11 is 5.88. The van der Waals surface area contributed by atoms with Crippen LogP contribution in [-0.4, -0.2) is 5.91 Å². The Balaban J connectivity index is 1.92. The molecule has 0 bridgehead atoms. The topological polar surface area (TPSA) is 55.1 Å². The van der Waals surface area contributed by atoms with Crippen LogP contribution >= 0.6 is 11.6 Å². The molecule has 3 N–H and O–H groups in total. The predicted octanol–water partition coefficient (Wildman–Crippen LogP) is 3.63. The summed E-state index contributed by atoms with van der Waals surface area (Å²) in [4.78, 5) is 11.8. The van der Waals surface area contributed by atoms with Gasteiger partial charge in [-0.1, -0.05) is 23.7 Å². The first-order valence-corrected chi connectivity index (χ1v) is 6.52. The van der Waals surface area contributed by atoms with Crippen LogP contribution in [0.2, 0.25) is 5.02 Å². The number of nitrogen functional groups attached to an aromatic ring is 1. The fraction of sp³-hybridized carbons (Fsp3) is 0.133. The Hall–Kier alpha value is -2.07. The standard InChI is InChI=1S/C15H14ClFN2O/c16-13-7-4-11(17)9-14(13)19-15(20)8-3-10-1-5-12(18)6-2-10/h1-2,4-7,9H,3,8,18H2,(H,19,20). The van der Waals surface area contributed by atoms with Crippen molar-refractivity contribution in [2.45, 2.75) is 12.8 Å². The van der Waals surface area contributed by atoms with Crippen molar-refractivity contribution in [1.82, 2.24) is 0 Å². The number of nitrogens with one attached hydrogen (secondary N) is 1. The Morgan fingerprint density at radius 3 is 2.60 bits per heavy atom. The molecular formula is C15H14ClFN2O. The summed E-state index contributed by atoms with van der Waals surface area (Å²) in [6.45, 7) is 0. The van der Waals surface area contributed by atoms with Crippen molar-refractivity contribution in [1.29, 1.82) is 0 Å². The number of rotatable bonds is 4. The molecule has 0 aromatic heterocycles. The van der Waals surface area contributed by atoms with Crippen molar-refractivity contribution >= 4 is 28.9 Å². The van der Waals surface area contributed by atoms with Gasteiger partial charge in [0.05, 0.1) is 10.7 Å². The lowest BCUT2D eigenvalue weighted by atomic mass is 10.1. The third kappa shape index (κ3) is 3.96. The van der Waals surface area contributed by atoms with Crippen molar-refractivity contribution in [2.75, 3.05) is 11.1 Å². The van der Waals surface area contributed by atoms with Gasteiger partial charge in [0.1, 0.15) is 5.82 Å². The molecule has 0 spiro atoms. The Morgan fingerprint density at radius 1 is 1.20 bits per heavy atom. The third-order valence-corrected chi connectivity index (χ3v) is 3.15. The van der Waals surface area contributed by atoms with Crippen molar-refractivity contribution in [3.63, 3.8) is 0 Å². The molecule has 20 heavy (non-hydrogen) atoms. The molecule has 0 aliphatic heterocycles. The van der Waals surface area contributed by atoms with Crippen molar-refractivity contribution < 1.29 is 9.18 Å². The predicted molar refractivity (Wildman–Crippen MR) is 79.2 cm³/mol. The highest BCUT2D eigenvalue weighted by Gasteiger charge is 2.07. The average Bonchev–Trinajstić information content (AvgIpc) is 2.42. The van der Waals surface area contributed by atoms with Gasteiger partial charge in [0.15, 0.2) is 0 Å². The molecule has 0 unspecified atom stereocenters. The SMILES string of the molecule is Nc1ccc(CCC(=O)Nc2cc(F)ccc2Cl)cc1. The number of amides is 1. The van der Waals surface area contributed by atoms with Gasteiger partial charge in [-0.25, -0.2) is 4.39 Å². The van der Waals surface area contributed by atoms with Gasteiger partial charge < -0.3 is 11.1 Å². The Bertz CT molecular complexity index is 614. The van der Waals surface area contributed by atoms with Crippen LogP contribution < -0.4 is 11.1 Å². The minimum Gasteiger partial charge on any atom is -0.399 e. The number of benzene rings is 2. The molecule has 0 atom stereocenters. The zero-order valence-electron chi connectivity index (χ0n) is 10.7. The number of anilines is 2. The van der Waals surface area contributed by atoms with Gasteiger partial charge in [0, 0.05) is 12.1 Å². The molecule has 0 aliphatic rings. The number of aryl methyl sites for hydroxylation is 1. The lowest BCUT2D eigenvalue weighted by molar-refractivity contribution is -0.116. The molecule has 2 aromatic rings. The highest BCUT2D eigenvalue weighted by molar-refractivity contribution is 6.33. The van der Waals surface area contributed by atoms with Crippen molar-refractivity contribution in [2.24, 2.45) is 0 Å². The average molecular weight is 293 g/mol. The number of hydrogen-bond donors (Lipinski definition) is 2. The second kappa shape index (κ2) is 6.39. The number of nitrogens with two attached hydrogens (primary N) is 1. The van der Waals surface area contributed by atoms with Crippen LogP contribution in [0.1, 0.15) is 12.0 Å². The smallest absolute Gasteiger partial charge is 0.224 e. The largest absolute Gasteiger partial charge is 0.399 e. The van der Waals surface area contributed by atoms with E-state index < -0.39 is 5.82 Å². The first-order valence-electron chi connectivity index (χ1n) is 6.14. The summed E-state index contributed by atoms with van der Waals surface area (Å²) in [5, 5.41) is 2.91. The second-order valence-corrected chi connectivity index (χ2v) is 4.82. The van der Waals surface area contributed by atoms with E-state index in [2.05, 4.69) is 5.32 Å². The third-order valence-electron chi connectivity index (χ3n) is 2.82. The molecule has 0 saturated carbocycles. The molecule has 104 valence electrons. The maximum Gasteiger partial charge on any atom is 0.224 e. The normalized spacial score (nSPS) is 10.3. The van der Waals surface area contributed by atoms with E-state index in [1.807, 2.05) is 12.1 Å². The number of halogens is 2. The minimum absolute atomic E-state index is 0.214. The van der Waals surface area contributed by atoms with Gasteiger partial charge in [0.25, 0.3) is 0 Å². The maximum atomic E-state index is 13.1. The molecule has 0 heterocycles. The van der Waals surface area contributed by atoms with Crippen LogP contribution in [-0.2, 0) is 11.2 Å². The molecular weight excluding hydrogens is 279 g/mol. The van der Waals surface area contributed by atoms with Crippen molar-refractivity contribution in [3.05, 3.63) is 58.9 Å². The van der Waals surface area contributed by atoms with Crippen LogP contribution in [0.5, 0.6) is 0 Å². The van der Waals surface area contributed by atoms with Gasteiger partial charge in [-0.05, 0) is 42.3 Å². The summed E-state index contributed by atoms with van der Waals surface area (Å²) in [7, 11) is 0. The van der Waals surface area contributed by atoms with Gasteiger partial charge in [-0.15, -0.1) is 0 Å². The monoisotopic (exact) mass is 292 g/mol. The number of hydrogen-bond acceptors (Lipinski definition) is 2. The van der Waals surface area contributed by atoms with Gasteiger partial charge in [0.2, 0.25) is 5.91 Å². The molecule has 2 aromatic carbocycles. The van der Waals surface area contributed by atoms with Crippen LogP contribution in [0.4, 0.5) is 15.8 Å². The first kappa shape index (κ1) is 14.3. The molecule has 3 nitrogen and oxygen atoms in total. The second-order valence-electron chi connectivity index (χ2n) is 4.41. The van der Waals surface area contributed by atoms with Crippen LogP contribution in [0.15, 0.2) is 42.5 Å². The van der Waals surface area contributed by atoms with E-state index in [-0.39, 0.29) is 18.0 Å². The molecule has 0 fully saturated rings. The van der Waals surface area contributed by atoms with Crippen LogP contribution in [0.3, 0.4) is 0 Å². The molecule has 0 aliphatic carbocycles. The quantitative estimate of drug-likeness (QED) is 0.846. The van der Waals surface area contributed by atoms with E-state index in [0.717, 1.165) is 5.56 Å². The molecule has 0 radical (unpaired) electrons. The summed E-state index contributed by atoms with van der Waals surface area (Å²) < 4.78 is 13.1. The highest BCUT2D eigenvalue weighted by atomic mass is 35.5. The molecule has 0 saturated heterocycles. The zero-order chi connectivity index (χ0) is 14.5. The van der Waals surface area contributed by atoms with Gasteiger partial charge in [-0.2, -0.15) is 0 Å². The van der Waals surface area contributed by atoms with E-state index >= 15 is 0 Å². The first-order chi connectivity index (χ1) is 9.54. The summed E-state index contributed by atoms with van der Waals surface area (Å²) in [6.07, 6.45) is 0.871. The maximum absolute atomic E-state index is 13.1. The van der Waals surface area contributed by atoms with E-state index in [0.29, 0.717) is 17.1 Å². The zero-order valence-corrected chi connectivity index (χ0v) is 11.5. The van der Waals surface area contributed by atoms with E-state index in [1.165, 1.54) is 18.2 Å². The van der Waals surface area contributed by atoms with Gasteiger partial charge in [-0.3, -0.25) is 4.79 Å². The van der Waals surface area contributed by atoms with Gasteiger partial charge >= 0.3 is 0 Å². The Labute approximate surface area is 121 Å². The minimum atomic E-state index is -0.441. The summed E-state index contributed by atoms with van der Waals surface area (Å²) in [6, 6.07) is 11.2. The summed E-state index contributed by atoms with van der Waals surface area (Å²) in [5.41, 5.74) is 7.57. The lowest BCUT2D eigenvalue weighted by Crippen LogP contribution is -2.12. The van der Waals surface area contributed by atoms with E-state index in [1.54, 1.807) is 12.1 Å². The summed E-state index contributed by atoms with van der Waals surface area (Å²) in [5.74, 6) is -0.655. The Morgan fingerprint density at radius 2 is 1.90 bits per heavy atom. The van der Waals surface area contributed by atoms with Crippen LogP contribution in [0, 0.1) is 5.82 Å². The molecule has 1 amide bonds. The Kier molecular flexibility index (Phi) is 4.58. The lowest BCUT2D eigenvalue weighted by Gasteiger charge is -2.07. The number of carbonyl (C=O) groups excluding carboxylic acids is 1. The van der Waals surface area contributed by atoms with Crippen molar-refractivity contribution in [3.8, 4) is 0 Å². The molecule has 2 rings (SSSR count).